The van der Waals surface area contributed by atoms with Crippen molar-refractivity contribution < 1.29 is 5.11 Å². The molecule has 136 valence electrons. The van der Waals surface area contributed by atoms with E-state index in [0.29, 0.717) is 11.7 Å². The lowest BCUT2D eigenvalue weighted by molar-refractivity contribution is 0.334. The first-order valence-corrected chi connectivity index (χ1v) is 10.3. The van der Waals surface area contributed by atoms with Crippen molar-refractivity contribution in [2.75, 3.05) is 0 Å². The van der Waals surface area contributed by atoms with Gasteiger partial charge in [-0.15, -0.1) is 0 Å². The van der Waals surface area contributed by atoms with Crippen LogP contribution in [0.4, 0.5) is 0 Å². The highest BCUT2D eigenvalue weighted by Crippen LogP contribution is 2.43. The predicted molar refractivity (Wildman–Crippen MR) is 113 cm³/mol. The molecule has 1 saturated carbocycles. The molecule has 3 aliphatic rings. The van der Waals surface area contributed by atoms with E-state index in [4.69, 9.17) is 0 Å². The summed E-state index contributed by atoms with van der Waals surface area (Å²) in [5.41, 5.74) is 8.10. The third-order valence-corrected chi connectivity index (χ3v) is 6.53. The number of rotatable bonds is 3. The lowest BCUT2D eigenvalue weighted by atomic mass is 9.77. The lowest BCUT2D eigenvalue weighted by Gasteiger charge is -2.27. The minimum atomic E-state index is 0.319. The molecule has 0 bridgehead atoms. The van der Waals surface area contributed by atoms with Gasteiger partial charge in [0.25, 0.3) is 0 Å². The molecular weight excluding hydrogens is 328 g/mol. The summed E-state index contributed by atoms with van der Waals surface area (Å²) < 4.78 is 0. The van der Waals surface area contributed by atoms with Crippen LogP contribution in [0.1, 0.15) is 66.7 Å². The first kappa shape index (κ1) is 16.6. The van der Waals surface area contributed by atoms with Gasteiger partial charge in [-0.2, -0.15) is 0 Å². The Balaban J connectivity index is 1.38. The summed E-state index contributed by atoms with van der Waals surface area (Å²) in [6.07, 6.45) is 17.4. The quantitative estimate of drug-likeness (QED) is 0.632. The van der Waals surface area contributed by atoms with Gasteiger partial charge in [-0.1, -0.05) is 67.8 Å². The van der Waals surface area contributed by atoms with E-state index < -0.39 is 0 Å². The van der Waals surface area contributed by atoms with Crippen LogP contribution in [-0.2, 0) is 0 Å². The van der Waals surface area contributed by atoms with Crippen LogP contribution in [-0.4, -0.2) is 5.11 Å². The molecule has 1 fully saturated rings. The minimum absolute atomic E-state index is 0.319. The Morgan fingerprint density at radius 3 is 2.44 bits per heavy atom. The fourth-order valence-corrected chi connectivity index (χ4v) is 5.02. The Hall–Kier alpha value is -2.54. The van der Waals surface area contributed by atoms with Gasteiger partial charge in [-0.3, -0.25) is 0 Å². The maximum Gasteiger partial charge on any atom is 0.115 e. The highest BCUT2D eigenvalue weighted by atomic mass is 16.3. The van der Waals surface area contributed by atoms with E-state index in [-0.39, 0.29) is 0 Å². The summed E-state index contributed by atoms with van der Waals surface area (Å²) in [7, 11) is 0. The molecule has 0 heterocycles. The van der Waals surface area contributed by atoms with Crippen LogP contribution in [0.15, 0.2) is 60.7 Å². The molecule has 0 amide bonds. The van der Waals surface area contributed by atoms with Gasteiger partial charge in [0.05, 0.1) is 0 Å². The standard InChI is InChI=1S/C26H26O/c27-24-12-8-18(9-13-24)20-6-7-21(16-20)22-10-14-26-23(17-22)11-15-25(26)19-4-2-1-3-5-19/h6,8-17,19,25,27H,1-5,7H2. The van der Waals surface area contributed by atoms with E-state index in [0.717, 1.165) is 12.3 Å². The van der Waals surface area contributed by atoms with Crippen molar-refractivity contribution in [1.29, 1.82) is 0 Å². The average molecular weight is 354 g/mol. The second-order valence-corrected chi connectivity index (χ2v) is 8.21. The Labute approximate surface area is 161 Å². The Bertz CT molecular complexity index is 937. The second kappa shape index (κ2) is 6.88. The van der Waals surface area contributed by atoms with Crippen molar-refractivity contribution >= 4 is 17.2 Å². The van der Waals surface area contributed by atoms with Gasteiger partial charge < -0.3 is 5.11 Å². The van der Waals surface area contributed by atoms with Crippen LogP contribution in [0, 0.1) is 5.92 Å². The fraction of sp³-hybridized carbons (Fsp3) is 0.308. The number of benzene rings is 2. The Morgan fingerprint density at radius 2 is 1.63 bits per heavy atom. The van der Waals surface area contributed by atoms with Crippen molar-refractivity contribution in [2.24, 2.45) is 5.92 Å². The molecule has 1 unspecified atom stereocenters. The van der Waals surface area contributed by atoms with Crippen molar-refractivity contribution in [2.45, 2.75) is 44.4 Å². The normalized spacial score (nSPS) is 21.9. The first-order valence-electron chi connectivity index (χ1n) is 10.3. The van der Waals surface area contributed by atoms with E-state index in [9.17, 15) is 5.11 Å². The van der Waals surface area contributed by atoms with Crippen molar-refractivity contribution in [3.63, 3.8) is 0 Å². The molecule has 5 rings (SSSR count). The largest absolute Gasteiger partial charge is 0.508 e. The van der Waals surface area contributed by atoms with Gasteiger partial charge >= 0.3 is 0 Å². The van der Waals surface area contributed by atoms with E-state index in [1.807, 2.05) is 12.1 Å². The molecule has 27 heavy (non-hydrogen) atoms. The molecule has 2 aromatic rings. The fourth-order valence-electron chi connectivity index (χ4n) is 5.02. The molecule has 0 spiro atoms. The minimum Gasteiger partial charge on any atom is -0.508 e. The van der Waals surface area contributed by atoms with Crippen molar-refractivity contribution in [3.8, 4) is 5.75 Å². The summed E-state index contributed by atoms with van der Waals surface area (Å²) in [5.74, 6) is 1.80. The third-order valence-electron chi connectivity index (χ3n) is 6.53. The number of fused-ring (bicyclic) bond motifs is 1. The van der Waals surface area contributed by atoms with Crippen LogP contribution in [0.3, 0.4) is 0 Å². The highest BCUT2D eigenvalue weighted by molar-refractivity contribution is 5.90. The first-order chi connectivity index (χ1) is 13.3. The smallest absolute Gasteiger partial charge is 0.115 e. The molecule has 0 aromatic heterocycles. The predicted octanol–water partition coefficient (Wildman–Crippen LogP) is 6.95. The van der Waals surface area contributed by atoms with Gasteiger partial charge in [0.15, 0.2) is 0 Å². The Morgan fingerprint density at radius 1 is 0.852 bits per heavy atom. The number of aromatic hydroxyl groups is 1. The molecule has 0 radical (unpaired) electrons. The van der Waals surface area contributed by atoms with E-state index in [1.54, 1.807) is 12.1 Å². The summed E-state index contributed by atoms with van der Waals surface area (Å²) in [6.45, 7) is 0. The molecule has 2 aromatic carbocycles. The third kappa shape index (κ3) is 3.16. The molecule has 3 aliphatic carbocycles. The lowest BCUT2D eigenvalue weighted by Crippen LogP contribution is -2.13. The molecule has 1 nitrogen and oxygen atoms in total. The maximum atomic E-state index is 9.49. The van der Waals surface area contributed by atoms with E-state index >= 15 is 0 Å². The van der Waals surface area contributed by atoms with E-state index in [2.05, 4.69) is 42.5 Å². The molecular formula is C26H26O. The van der Waals surface area contributed by atoms with Crippen molar-refractivity contribution in [1.82, 2.24) is 0 Å². The number of hydrogen-bond donors (Lipinski definition) is 1. The van der Waals surface area contributed by atoms with E-state index in [1.165, 1.54) is 65.5 Å². The van der Waals surface area contributed by atoms with Crippen LogP contribution in [0.25, 0.3) is 17.2 Å². The summed E-state index contributed by atoms with van der Waals surface area (Å²) in [5, 5.41) is 9.49. The van der Waals surface area contributed by atoms with Crippen LogP contribution in [0.5, 0.6) is 5.75 Å². The molecule has 0 aliphatic heterocycles. The number of phenolic OH excluding ortho intramolecular Hbond substituents is 1. The van der Waals surface area contributed by atoms with Crippen molar-refractivity contribution in [3.05, 3.63) is 82.9 Å². The number of allylic oxidation sites excluding steroid dienone is 5. The highest BCUT2D eigenvalue weighted by Gasteiger charge is 2.27. The monoisotopic (exact) mass is 354 g/mol. The molecule has 1 atom stereocenters. The number of hydrogen-bond acceptors (Lipinski definition) is 1. The molecule has 1 heteroatoms. The zero-order chi connectivity index (χ0) is 18.2. The van der Waals surface area contributed by atoms with Gasteiger partial charge in [0, 0.05) is 5.92 Å². The van der Waals surface area contributed by atoms with Crippen LogP contribution < -0.4 is 0 Å². The molecule has 0 saturated heterocycles. The SMILES string of the molecule is Oc1ccc(C2=CCC(c3ccc4c(c3)C=CC4C3CCCCC3)=C2)cc1. The van der Waals surface area contributed by atoms with Gasteiger partial charge in [0.2, 0.25) is 0 Å². The van der Waals surface area contributed by atoms with Gasteiger partial charge in [0.1, 0.15) is 5.75 Å². The zero-order valence-corrected chi connectivity index (χ0v) is 15.7. The van der Waals surface area contributed by atoms with Gasteiger partial charge in [-0.25, -0.2) is 0 Å². The van der Waals surface area contributed by atoms with Gasteiger partial charge in [-0.05, 0) is 76.8 Å². The summed E-state index contributed by atoms with van der Waals surface area (Å²) in [4.78, 5) is 0. The number of phenols is 1. The Kier molecular flexibility index (Phi) is 4.24. The summed E-state index contributed by atoms with van der Waals surface area (Å²) in [6, 6.07) is 14.6. The summed E-state index contributed by atoms with van der Waals surface area (Å²) >= 11 is 0. The van der Waals surface area contributed by atoms with Crippen LogP contribution >= 0.6 is 0 Å². The maximum absolute atomic E-state index is 9.49. The zero-order valence-electron chi connectivity index (χ0n) is 15.7. The van der Waals surface area contributed by atoms with Crippen LogP contribution in [0.2, 0.25) is 0 Å². The second-order valence-electron chi connectivity index (χ2n) is 8.21. The average Bonchev–Trinajstić information content (AvgIpc) is 3.36. The topological polar surface area (TPSA) is 20.2 Å². The molecule has 1 N–H and O–H groups in total.